The van der Waals surface area contributed by atoms with E-state index >= 15 is 0 Å². The molecule has 0 saturated carbocycles. The van der Waals surface area contributed by atoms with Crippen LogP contribution in [0.3, 0.4) is 0 Å². The van der Waals surface area contributed by atoms with Crippen molar-refractivity contribution in [3.05, 3.63) is 60.8 Å². The van der Waals surface area contributed by atoms with Crippen LogP contribution in [-0.2, 0) is 14.3 Å². The summed E-state index contributed by atoms with van der Waals surface area (Å²) in [5.41, 5.74) is 0. The Morgan fingerprint density at radius 3 is 1.39 bits per heavy atom. The maximum Gasteiger partial charge on any atom is 0.306 e. The van der Waals surface area contributed by atoms with Gasteiger partial charge in [-0.2, -0.15) is 0 Å². The first kappa shape index (κ1) is 44.1. The summed E-state index contributed by atoms with van der Waals surface area (Å²) >= 11 is 0. The van der Waals surface area contributed by atoms with Crippen LogP contribution in [0.25, 0.3) is 0 Å². The van der Waals surface area contributed by atoms with Gasteiger partial charge < -0.3 is 14.6 Å². The first-order chi connectivity index (χ1) is 22.7. The van der Waals surface area contributed by atoms with Crippen molar-refractivity contribution in [3.63, 3.8) is 0 Å². The molecule has 1 N–H and O–H groups in total. The van der Waals surface area contributed by atoms with Crippen LogP contribution < -0.4 is 0 Å². The van der Waals surface area contributed by atoms with Crippen molar-refractivity contribution in [2.75, 3.05) is 19.8 Å². The van der Waals surface area contributed by atoms with Gasteiger partial charge in [0.1, 0.15) is 6.10 Å². The third kappa shape index (κ3) is 36.6. The van der Waals surface area contributed by atoms with E-state index in [1.807, 2.05) is 0 Å². The molecule has 0 aromatic carbocycles. The first-order valence-electron chi connectivity index (χ1n) is 19.4. The van der Waals surface area contributed by atoms with Crippen molar-refractivity contribution >= 4 is 5.97 Å². The van der Waals surface area contributed by atoms with E-state index in [1.165, 1.54) is 103 Å². The molecule has 0 fully saturated rings. The smallest absolute Gasteiger partial charge is 0.306 e. The van der Waals surface area contributed by atoms with Crippen molar-refractivity contribution in [1.29, 1.82) is 0 Å². The van der Waals surface area contributed by atoms with E-state index in [4.69, 9.17) is 9.47 Å². The van der Waals surface area contributed by atoms with Crippen molar-refractivity contribution in [2.24, 2.45) is 0 Å². The van der Waals surface area contributed by atoms with E-state index in [1.54, 1.807) is 0 Å². The van der Waals surface area contributed by atoms with Crippen LogP contribution >= 0.6 is 0 Å². The molecule has 0 amide bonds. The number of carbonyl (C=O) groups excluding carboxylic acids is 1. The molecule has 0 rings (SSSR count). The van der Waals surface area contributed by atoms with Crippen LogP contribution in [0, 0.1) is 0 Å². The van der Waals surface area contributed by atoms with Gasteiger partial charge in [-0.1, -0.05) is 177 Å². The van der Waals surface area contributed by atoms with Crippen LogP contribution in [0.4, 0.5) is 0 Å². The summed E-state index contributed by atoms with van der Waals surface area (Å²) < 4.78 is 11.1. The van der Waals surface area contributed by atoms with Gasteiger partial charge in [0.15, 0.2) is 0 Å². The lowest BCUT2D eigenvalue weighted by molar-refractivity contribution is -0.154. The monoisotopic (exact) mass is 643 g/mol. The minimum atomic E-state index is -0.563. The second kappa shape index (κ2) is 39.3. The second-order valence-corrected chi connectivity index (χ2v) is 12.6. The van der Waals surface area contributed by atoms with Crippen molar-refractivity contribution in [3.8, 4) is 0 Å². The van der Waals surface area contributed by atoms with Crippen LogP contribution in [-0.4, -0.2) is 37.0 Å². The highest BCUT2D eigenvalue weighted by molar-refractivity contribution is 5.69. The van der Waals surface area contributed by atoms with E-state index in [-0.39, 0.29) is 19.2 Å². The highest BCUT2D eigenvalue weighted by Gasteiger charge is 2.13. The third-order valence-corrected chi connectivity index (χ3v) is 8.11. The number of aliphatic hydroxyl groups excluding tert-OH is 1. The summed E-state index contributed by atoms with van der Waals surface area (Å²) in [6.45, 7) is 5.18. The van der Waals surface area contributed by atoms with Gasteiger partial charge in [-0.3, -0.25) is 4.79 Å². The molecule has 0 aromatic rings. The van der Waals surface area contributed by atoms with Gasteiger partial charge >= 0.3 is 5.97 Å². The number of allylic oxidation sites excluding steroid dienone is 10. The van der Waals surface area contributed by atoms with Gasteiger partial charge in [0, 0.05) is 13.0 Å². The predicted molar refractivity (Wildman–Crippen MR) is 200 cm³/mol. The summed E-state index contributed by atoms with van der Waals surface area (Å²) in [6.07, 6.45) is 51.3. The summed E-state index contributed by atoms with van der Waals surface area (Å²) in [4.78, 5) is 12.1. The van der Waals surface area contributed by atoms with E-state index in [0.717, 1.165) is 51.4 Å². The van der Waals surface area contributed by atoms with Gasteiger partial charge in [0.05, 0.1) is 13.2 Å². The first-order valence-corrected chi connectivity index (χ1v) is 19.4. The summed E-state index contributed by atoms with van der Waals surface area (Å²) in [5.74, 6) is -0.257. The Bertz CT molecular complexity index is 764. The molecule has 0 spiro atoms. The summed E-state index contributed by atoms with van der Waals surface area (Å²) in [7, 11) is 0. The van der Waals surface area contributed by atoms with Gasteiger partial charge in [-0.05, 0) is 51.4 Å². The van der Waals surface area contributed by atoms with Crippen molar-refractivity contribution in [1.82, 2.24) is 0 Å². The molecule has 0 radical (unpaired) electrons. The number of hydrogen-bond acceptors (Lipinski definition) is 4. The van der Waals surface area contributed by atoms with Crippen LogP contribution in [0.15, 0.2) is 60.8 Å². The zero-order chi connectivity index (χ0) is 33.4. The van der Waals surface area contributed by atoms with Gasteiger partial charge in [-0.25, -0.2) is 0 Å². The molecule has 46 heavy (non-hydrogen) atoms. The van der Waals surface area contributed by atoms with Crippen molar-refractivity contribution in [2.45, 2.75) is 180 Å². The molecule has 4 nitrogen and oxygen atoms in total. The molecule has 266 valence electrons. The minimum absolute atomic E-state index is 0.195. The lowest BCUT2D eigenvalue weighted by Gasteiger charge is -2.15. The molecular weight excluding hydrogens is 568 g/mol. The lowest BCUT2D eigenvalue weighted by Crippen LogP contribution is -2.27. The Kier molecular flexibility index (Phi) is 37.6. The Labute approximate surface area is 285 Å². The third-order valence-electron chi connectivity index (χ3n) is 8.11. The minimum Gasteiger partial charge on any atom is -0.457 e. The molecule has 4 heteroatoms. The number of rotatable bonds is 35. The molecule has 0 aromatic heterocycles. The van der Waals surface area contributed by atoms with Gasteiger partial charge in [0.2, 0.25) is 0 Å². The predicted octanol–water partition coefficient (Wildman–Crippen LogP) is 12.5. The molecule has 0 heterocycles. The standard InChI is InChI=1S/C42H74O4/c1-3-5-7-9-11-13-15-17-19-21-23-25-27-29-31-33-35-37-42(44)46-41(39-43)40-45-38-36-34-32-30-28-26-24-22-20-18-16-14-12-10-8-6-4-2/h5,7,11,13,17,19,23,25,29,31,41,43H,3-4,6,8-10,12,14-16,18,20-22,24,26-28,30,32-40H2,1-2H3/b7-5-,13-11-,19-17-,25-23-,31-29-. The maximum absolute atomic E-state index is 12.1. The normalized spacial score (nSPS) is 13.0. The highest BCUT2D eigenvalue weighted by atomic mass is 16.6. The highest BCUT2D eigenvalue weighted by Crippen LogP contribution is 2.14. The quantitative estimate of drug-likeness (QED) is 0.0424. The number of unbranched alkanes of at least 4 members (excludes halogenated alkanes) is 17. The van der Waals surface area contributed by atoms with Crippen LogP contribution in [0.1, 0.15) is 174 Å². The van der Waals surface area contributed by atoms with E-state index in [2.05, 4.69) is 74.6 Å². The van der Waals surface area contributed by atoms with E-state index in [0.29, 0.717) is 13.0 Å². The fraction of sp³-hybridized carbons (Fsp3) is 0.738. The number of esters is 1. The maximum atomic E-state index is 12.1. The summed E-state index contributed by atoms with van der Waals surface area (Å²) in [6, 6.07) is 0. The zero-order valence-electron chi connectivity index (χ0n) is 30.3. The second-order valence-electron chi connectivity index (χ2n) is 12.6. The molecule has 0 aliphatic rings. The van der Waals surface area contributed by atoms with Crippen LogP contribution in [0.2, 0.25) is 0 Å². The van der Waals surface area contributed by atoms with Gasteiger partial charge in [-0.15, -0.1) is 0 Å². The molecular formula is C42H74O4. The molecule has 1 atom stereocenters. The number of aliphatic hydroxyl groups is 1. The summed E-state index contributed by atoms with van der Waals surface area (Å²) in [5, 5.41) is 9.56. The molecule has 0 aliphatic heterocycles. The molecule has 0 bridgehead atoms. The Morgan fingerprint density at radius 1 is 0.543 bits per heavy atom. The fourth-order valence-electron chi connectivity index (χ4n) is 5.25. The Hall–Kier alpha value is -1.91. The van der Waals surface area contributed by atoms with Crippen LogP contribution in [0.5, 0.6) is 0 Å². The number of ether oxygens (including phenoxy) is 2. The van der Waals surface area contributed by atoms with E-state index in [9.17, 15) is 9.90 Å². The fourth-order valence-corrected chi connectivity index (χ4v) is 5.25. The topological polar surface area (TPSA) is 55.8 Å². The molecule has 0 aliphatic carbocycles. The molecule has 0 saturated heterocycles. The largest absolute Gasteiger partial charge is 0.457 e. The van der Waals surface area contributed by atoms with Gasteiger partial charge in [0.25, 0.3) is 0 Å². The number of hydrogen-bond donors (Lipinski definition) is 1. The average molecular weight is 643 g/mol. The SMILES string of the molecule is CC/C=C\C/C=C\C/C=C\C/C=C\C/C=C\CCCC(=O)OC(CO)COCCCCCCCCCCCCCCCCCCC. The zero-order valence-corrected chi connectivity index (χ0v) is 30.3. The van der Waals surface area contributed by atoms with E-state index < -0.39 is 6.10 Å². The average Bonchev–Trinajstić information content (AvgIpc) is 3.06. The Morgan fingerprint density at radius 2 is 0.957 bits per heavy atom. The number of carbonyl (C=O) groups is 1. The Balaban J connectivity index is 3.53. The molecule has 1 unspecified atom stereocenters. The van der Waals surface area contributed by atoms with Crippen molar-refractivity contribution < 1.29 is 19.4 Å². The lowest BCUT2D eigenvalue weighted by atomic mass is 10.0.